The predicted octanol–water partition coefficient (Wildman–Crippen LogP) is 3.78. The summed E-state index contributed by atoms with van der Waals surface area (Å²) in [4.78, 5) is 17.9. The summed E-state index contributed by atoms with van der Waals surface area (Å²) >= 11 is 0. The third-order valence-corrected chi connectivity index (χ3v) is 5.84. The zero-order valence-electron chi connectivity index (χ0n) is 16.1. The topological polar surface area (TPSA) is 74.4 Å². The molecule has 2 aromatic carbocycles. The van der Waals surface area contributed by atoms with E-state index in [1.165, 1.54) is 0 Å². The van der Waals surface area contributed by atoms with Gasteiger partial charge in [0.05, 0.1) is 11.1 Å². The molecule has 5 heteroatoms. The van der Waals surface area contributed by atoms with Gasteiger partial charge in [-0.2, -0.15) is 0 Å². The fourth-order valence-electron chi connectivity index (χ4n) is 3.93. The van der Waals surface area contributed by atoms with Crippen LogP contribution in [0.25, 0.3) is 11.3 Å². The second-order valence-corrected chi connectivity index (χ2v) is 7.67. The zero-order valence-corrected chi connectivity index (χ0v) is 16.1. The maximum Gasteiger partial charge on any atom is 0.231 e. The van der Waals surface area contributed by atoms with E-state index in [0.717, 1.165) is 52.4 Å². The Labute approximate surface area is 169 Å². The van der Waals surface area contributed by atoms with E-state index in [-0.39, 0.29) is 12.6 Å². The third-order valence-electron chi connectivity index (χ3n) is 5.84. The van der Waals surface area contributed by atoms with Crippen molar-refractivity contribution in [2.75, 3.05) is 6.79 Å². The second kappa shape index (κ2) is 7.01. The number of nitrogens with two attached hydrogens (primary N) is 1. The van der Waals surface area contributed by atoms with Crippen LogP contribution in [0.5, 0.6) is 11.5 Å². The number of carbonyl (C=O) groups excluding carboxylic acids is 1. The smallest absolute Gasteiger partial charge is 0.231 e. The summed E-state index contributed by atoms with van der Waals surface area (Å²) in [5.41, 5.74) is 10.0. The van der Waals surface area contributed by atoms with Crippen LogP contribution in [0.1, 0.15) is 29.7 Å². The molecule has 5 rings (SSSR count). The van der Waals surface area contributed by atoms with Crippen molar-refractivity contribution in [3.05, 3.63) is 77.5 Å². The van der Waals surface area contributed by atoms with Gasteiger partial charge in [-0.1, -0.05) is 36.4 Å². The summed E-state index contributed by atoms with van der Waals surface area (Å²) in [6.45, 7) is 0.757. The zero-order chi connectivity index (χ0) is 19.8. The normalized spacial score (nSPS) is 15.9. The van der Waals surface area contributed by atoms with Gasteiger partial charge in [-0.25, -0.2) is 0 Å². The molecule has 1 aliphatic carbocycles. The van der Waals surface area contributed by atoms with Crippen molar-refractivity contribution in [1.29, 1.82) is 0 Å². The van der Waals surface area contributed by atoms with E-state index in [2.05, 4.69) is 0 Å². The van der Waals surface area contributed by atoms with Gasteiger partial charge in [0.2, 0.25) is 6.79 Å². The first-order valence-corrected chi connectivity index (χ1v) is 9.87. The first-order chi connectivity index (χ1) is 14.2. The Morgan fingerprint density at radius 2 is 1.79 bits per heavy atom. The number of hydrogen-bond donors (Lipinski definition) is 1. The van der Waals surface area contributed by atoms with Crippen molar-refractivity contribution in [2.45, 2.75) is 31.2 Å². The Balaban J connectivity index is 1.37. The lowest BCUT2D eigenvalue weighted by Gasteiger charge is -2.15. The van der Waals surface area contributed by atoms with Gasteiger partial charge in [-0.3, -0.25) is 9.78 Å². The molecular weight excluding hydrogens is 364 g/mol. The molecule has 0 bridgehead atoms. The average molecular weight is 386 g/mol. The molecule has 0 amide bonds. The highest BCUT2D eigenvalue weighted by Gasteiger charge is 2.50. The second-order valence-electron chi connectivity index (χ2n) is 7.67. The number of fused-ring (bicyclic) bond motifs is 1. The van der Waals surface area contributed by atoms with E-state index in [1.54, 1.807) is 0 Å². The Morgan fingerprint density at radius 3 is 2.55 bits per heavy atom. The van der Waals surface area contributed by atoms with Crippen LogP contribution in [0.4, 0.5) is 0 Å². The molecule has 1 aromatic heterocycles. The fourth-order valence-corrected chi connectivity index (χ4v) is 3.93. The van der Waals surface area contributed by atoms with Crippen molar-refractivity contribution in [3.63, 3.8) is 0 Å². The van der Waals surface area contributed by atoms with Crippen molar-refractivity contribution in [2.24, 2.45) is 5.73 Å². The molecule has 0 unspecified atom stereocenters. The number of hydrogen-bond acceptors (Lipinski definition) is 5. The molecule has 1 saturated carbocycles. The summed E-state index contributed by atoms with van der Waals surface area (Å²) < 4.78 is 10.9. The van der Waals surface area contributed by atoms with Crippen molar-refractivity contribution < 1.29 is 14.3 Å². The number of Topliss-reactive ketones (excluding diaryl/α,β-unsaturated/α-hetero) is 1. The SMILES string of the molecule is NCc1ccc(-c2cccc(CC(=O)C3(c4ccc5c(c4)OCO5)CC3)n2)cc1. The molecule has 1 aliphatic heterocycles. The minimum absolute atomic E-state index is 0.208. The molecule has 0 atom stereocenters. The van der Waals surface area contributed by atoms with E-state index in [0.29, 0.717) is 13.0 Å². The number of ether oxygens (including phenoxy) is 2. The van der Waals surface area contributed by atoms with Crippen molar-refractivity contribution >= 4 is 5.78 Å². The Bertz CT molecular complexity index is 1070. The van der Waals surface area contributed by atoms with Gasteiger partial charge in [0, 0.05) is 24.2 Å². The molecule has 0 spiro atoms. The van der Waals surface area contributed by atoms with Crippen LogP contribution in [0, 0.1) is 0 Å². The largest absolute Gasteiger partial charge is 0.454 e. The molecule has 5 nitrogen and oxygen atoms in total. The third kappa shape index (κ3) is 3.28. The minimum Gasteiger partial charge on any atom is -0.454 e. The Hall–Kier alpha value is -3.18. The highest BCUT2D eigenvalue weighted by Crippen LogP contribution is 2.51. The van der Waals surface area contributed by atoms with E-state index in [9.17, 15) is 4.79 Å². The molecular formula is C24H22N2O3. The number of aromatic nitrogens is 1. The summed E-state index contributed by atoms with van der Waals surface area (Å²) in [6.07, 6.45) is 2.06. The first-order valence-electron chi connectivity index (χ1n) is 9.87. The van der Waals surface area contributed by atoms with Crippen molar-refractivity contribution in [1.82, 2.24) is 4.98 Å². The lowest BCUT2D eigenvalue weighted by atomic mass is 9.88. The summed E-state index contributed by atoms with van der Waals surface area (Å²) in [5.74, 6) is 1.68. The fraction of sp³-hybridized carbons (Fsp3) is 0.250. The van der Waals surface area contributed by atoms with Crippen LogP contribution < -0.4 is 15.2 Å². The van der Waals surface area contributed by atoms with E-state index < -0.39 is 5.41 Å². The molecule has 0 radical (unpaired) electrons. The van der Waals surface area contributed by atoms with Gasteiger partial charge in [-0.15, -0.1) is 0 Å². The van der Waals surface area contributed by atoms with Crippen LogP contribution >= 0.6 is 0 Å². The minimum atomic E-state index is -0.415. The van der Waals surface area contributed by atoms with Gasteiger partial charge < -0.3 is 15.2 Å². The molecule has 0 saturated heterocycles. The van der Waals surface area contributed by atoms with Crippen molar-refractivity contribution in [3.8, 4) is 22.8 Å². The molecule has 2 heterocycles. The maximum absolute atomic E-state index is 13.2. The highest BCUT2D eigenvalue weighted by atomic mass is 16.7. The van der Waals surface area contributed by atoms with Crippen LogP contribution in [-0.4, -0.2) is 17.6 Å². The summed E-state index contributed by atoms with van der Waals surface area (Å²) in [7, 11) is 0. The Morgan fingerprint density at radius 1 is 1.00 bits per heavy atom. The van der Waals surface area contributed by atoms with Crippen LogP contribution in [-0.2, 0) is 23.2 Å². The first kappa shape index (κ1) is 17.9. The lowest BCUT2D eigenvalue weighted by Crippen LogP contribution is -2.23. The predicted molar refractivity (Wildman–Crippen MR) is 110 cm³/mol. The number of carbonyl (C=O) groups is 1. The number of rotatable bonds is 6. The Kier molecular flexibility index (Phi) is 4.32. The monoisotopic (exact) mass is 386 g/mol. The molecule has 3 aromatic rings. The summed E-state index contributed by atoms with van der Waals surface area (Å²) in [5, 5.41) is 0. The average Bonchev–Trinajstić information content (AvgIpc) is 3.45. The van der Waals surface area contributed by atoms with E-state index in [1.807, 2.05) is 60.7 Å². The molecule has 2 aliphatic rings. The number of pyridine rings is 1. The quantitative estimate of drug-likeness (QED) is 0.698. The van der Waals surface area contributed by atoms with Crippen LogP contribution in [0.3, 0.4) is 0 Å². The van der Waals surface area contributed by atoms with E-state index >= 15 is 0 Å². The maximum atomic E-state index is 13.2. The van der Waals surface area contributed by atoms with Gasteiger partial charge >= 0.3 is 0 Å². The molecule has 1 fully saturated rings. The number of ketones is 1. The van der Waals surface area contributed by atoms with E-state index in [4.69, 9.17) is 20.2 Å². The molecule has 2 N–H and O–H groups in total. The van der Waals surface area contributed by atoms with Gasteiger partial charge in [-0.05, 0) is 48.2 Å². The van der Waals surface area contributed by atoms with Crippen LogP contribution in [0.2, 0.25) is 0 Å². The van der Waals surface area contributed by atoms with Crippen LogP contribution in [0.15, 0.2) is 60.7 Å². The van der Waals surface area contributed by atoms with Gasteiger partial charge in [0.15, 0.2) is 11.5 Å². The highest BCUT2D eigenvalue weighted by molar-refractivity contribution is 5.94. The number of benzene rings is 2. The lowest BCUT2D eigenvalue weighted by molar-refractivity contribution is -0.120. The molecule has 29 heavy (non-hydrogen) atoms. The summed E-state index contributed by atoms with van der Waals surface area (Å²) in [6, 6.07) is 19.7. The standard InChI is InChI=1S/C24H22N2O3/c25-14-16-4-6-17(7-5-16)20-3-1-2-19(26-20)13-23(27)24(10-11-24)18-8-9-21-22(12-18)29-15-28-21/h1-9,12H,10-11,13-15,25H2. The molecule has 146 valence electrons. The van der Waals surface area contributed by atoms with Gasteiger partial charge in [0.25, 0.3) is 0 Å². The van der Waals surface area contributed by atoms with Gasteiger partial charge in [0.1, 0.15) is 5.78 Å². The number of nitrogens with zero attached hydrogens (tertiary/aromatic N) is 1.